The first-order chi connectivity index (χ1) is 9.19. The molecule has 0 aliphatic rings. The van der Waals surface area contributed by atoms with Gasteiger partial charge in [-0.1, -0.05) is 17.7 Å². The zero-order chi connectivity index (χ0) is 13.7. The predicted octanol–water partition coefficient (Wildman–Crippen LogP) is 2.98. The number of halogens is 1. The summed E-state index contributed by atoms with van der Waals surface area (Å²) in [4.78, 5) is 22.5. The molecule has 0 atom stereocenters. The van der Waals surface area contributed by atoms with Crippen LogP contribution in [0.5, 0.6) is 0 Å². The van der Waals surface area contributed by atoms with Gasteiger partial charge in [0.2, 0.25) is 5.91 Å². The second-order valence-corrected chi connectivity index (χ2v) is 4.49. The monoisotopic (exact) mass is 276 g/mol. The molecule has 1 heterocycles. The van der Waals surface area contributed by atoms with E-state index in [-0.39, 0.29) is 5.91 Å². The van der Waals surface area contributed by atoms with Crippen LogP contribution >= 0.6 is 11.6 Å². The lowest BCUT2D eigenvalue weighted by molar-refractivity contribution is -0.116. The van der Waals surface area contributed by atoms with Gasteiger partial charge in [-0.2, -0.15) is 0 Å². The number of aromatic nitrogens is 1. The van der Waals surface area contributed by atoms with E-state index in [1.165, 1.54) is 0 Å². The third-order valence-corrected chi connectivity index (χ3v) is 2.91. The van der Waals surface area contributed by atoms with Crippen molar-refractivity contribution in [3.63, 3.8) is 0 Å². The normalized spacial score (nSPS) is 10.2. The van der Waals surface area contributed by atoms with Gasteiger partial charge in [0, 0.05) is 29.9 Å². The van der Waals surface area contributed by atoms with Gasteiger partial charge in [0.15, 0.2) is 6.29 Å². The number of anilines is 1. The smallest absolute Gasteiger partial charge is 0.226 e. The summed E-state index contributed by atoms with van der Waals surface area (Å²) in [5.74, 6) is -0.118. The molecule has 2 aromatic rings. The number of aldehydes is 1. The second-order valence-electron chi connectivity index (χ2n) is 4.05. The summed E-state index contributed by atoms with van der Waals surface area (Å²) in [5, 5.41) is 3.33. The molecular formula is C14H13ClN2O2. The summed E-state index contributed by atoms with van der Waals surface area (Å²) in [5.41, 5.74) is 1.23. The van der Waals surface area contributed by atoms with Gasteiger partial charge in [-0.05, 0) is 30.3 Å². The zero-order valence-electron chi connectivity index (χ0n) is 10.2. The Bertz CT molecular complexity index is 593. The van der Waals surface area contributed by atoms with Crippen LogP contribution in [-0.4, -0.2) is 16.8 Å². The van der Waals surface area contributed by atoms with Gasteiger partial charge in [0.1, 0.15) is 0 Å². The first kappa shape index (κ1) is 13.4. The molecule has 1 N–H and O–H groups in total. The first-order valence-electron chi connectivity index (χ1n) is 5.85. The van der Waals surface area contributed by atoms with Crippen LogP contribution in [0.4, 0.5) is 5.69 Å². The van der Waals surface area contributed by atoms with E-state index in [1.54, 1.807) is 47.2 Å². The molecule has 1 amide bonds. The Kier molecular flexibility index (Phi) is 4.36. The molecular weight excluding hydrogens is 264 g/mol. The van der Waals surface area contributed by atoms with Crippen LogP contribution in [0.25, 0.3) is 0 Å². The molecule has 1 aromatic heterocycles. The van der Waals surface area contributed by atoms with Crippen LogP contribution in [-0.2, 0) is 11.3 Å². The predicted molar refractivity (Wildman–Crippen MR) is 74.5 cm³/mol. The second kappa shape index (κ2) is 6.20. The Morgan fingerprint density at radius 2 is 2.16 bits per heavy atom. The van der Waals surface area contributed by atoms with Crippen molar-refractivity contribution in [2.45, 2.75) is 13.0 Å². The van der Waals surface area contributed by atoms with E-state index in [0.29, 0.717) is 29.4 Å². The molecule has 2 rings (SSSR count). The van der Waals surface area contributed by atoms with E-state index in [1.807, 2.05) is 0 Å². The Balaban J connectivity index is 1.90. The van der Waals surface area contributed by atoms with Crippen molar-refractivity contribution < 1.29 is 9.59 Å². The van der Waals surface area contributed by atoms with Gasteiger partial charge < -0.3 is 9.88 Å². The van der Waals surface area contributed by atoms with E-state index < -0.39 is 0 Å². The summed E-state index contributed by atoms with van der Waals surface area (Å²) in [6.45, 7) is 0.466. The SMILES string of the molecule is O=Cc1cccn1CCC(=O)Nc1cccc(Cl)c1. The molecule has 0 radical (unpaired) electrons. The van der Waals surface area contributed by atoms with Gasteiger partial charge >= 0.3 is 0 Å². The lowest BCUT2D eigenvalue weighted by atomic mass is 10.3. The molecule has 19 heavy (non-hydrogen) atoms. The van der Waals surface area contributed by atoms with Crippen molar-refractivity contribution in [1.82, 2.24) is 4.57 Å². The quantitative estimate of drug-likeness (QED) is 0.854. The van der Waals surface area contributed by atoms with Crippen molar-refractivity contribution in [1.29, 1.82) is 0 Å². The van der Waals surface area contributed by atoms with E-state index >= 15 is 0 Å². The number of nitrogens with one attached hydrogen (secondary N) is 1. The van der Waals surface area contributed by atoms with Crippen molar-refractivity contribution >= 4 is 29.5 Å². The minimum Gasteiger partial charge on any atom is -0.345 e. The maximum absolute atomic E-state index is 11.8. The Labute approximate surface area is 116 Å². The molecule has 0 spiro atoms. The fourth-order valence-electron chi connectivity index (χ4n) is 1.75. The molecule has 0 fully saturated rings. The third-order valence-electron chi connectivity index (χ3n) is 2.67. The summed E-state index contributed by atoms with van der Waals surface area (Å²) < 4.78 is 1.74. The number of amides is 1. The largest absolute Gasteiger partial charge is 0.345 e. The summed E-state index contributed by atoms with van der Waals surface area (Å²) >= 11 is 5.83. The number of rotatable bonds is 5. The van der Waals surface area contributed by atoms with Crippen molar-refractivity contribution in [2.24, 2.45) is 0 Å². The van der Waals surface area contributed by atoms with Crippen molar-refractivity contribution in [3.05, 3.63) is 53.3 Å². The van der Waals surface area contributed by atoms with Crippen LogP contribution in [0.3, 0.4) is 0 Å². The molecule has 0 aliphatic heterocycles. The van der Waals surface area contributed by atoms with E-state index in [0.717, 1.165) is 6.29 Å². The maximum Gasteiger partial charge on any atom is 0.226 e. The lowest BCUT2D eigenvalue weighted by Gasteiger charge is -2.07. The highest BCUT2D eigenvalue weighted by molar-refractivity contribution is 6.30. The van der Waals surface area contributed by atoms with Gasteiger partial charge in [-0.3, -0.25) is 9.59 Å². The standard InChI is InChI=1S/C14H13ClN2O2/c15-11-3-1-4-12(9-11)16-14(19)6-8-17-7-2-5-13(17)10-18/h1-5,7,9-10H,6,8H2,(H,16,19). The molecule has 0 saturated heterocycles. The van der Waals surface area contributed by atoms with E-state index in [2.05, 4.69) is 5.32 Å². The van der Waals surface area contributed by atoms with Crippen LogP contribution in [0.2, 0.25) is 5.02 Å². The first-order valence-corrected chi connectivity index (χ1v) is 6.22. The highest BCUT2D eigenvalue weighted by Crippen LogP contribution is 2.15. The molecule has 0 unspecified atom stereocenters. The van der Waals surface area contributed by atoms with Crippen LogP contribution in [0.1, 0.15) is 16.9 Å². The fourth-order valence-corrected chi connectivity index (χ4v) is 1.94. The summed E-state index contributed by atoms with van der Waals surface area (Å²) in [7, 11) is 0. The Morgan fingerprint density at radius 3 is 2.89 bits per heavy atom. The maximum atomic E-state index is 11.8. The minimum atomic E-state index is -0.118. The molecule has 5 heteroatoms. The van der Waals surface area contributed by atoms with Crippen LogP contribution in [0, 0.1) is 0 Å². The number of nitrogens with zero attached hydrogens (tertiary/aromatic N) is 1. The zero-order valence-corrected chi connectivity index (χ0v) is 10.9. The van der Waals surface area contributed by atoms with Gasteiger partial charge in [-0.15, -0.1) is 0 Å². The molecule has 0 bridgehead atoms. The summed E-state index contributed by atoms with van der Waals surface area (Å²) in [6, 6.07) is 10.5. The number of carbonyl (C=O) groups is 2. The highest BCUT2D eigenvalue weighted by Gasteiger charge is 2.05. The van der Waals surface area contributed by atoms with Gasteiger partial charge in [-0.25, -0.2) is 0 Å². The van der Waals surface area contributed by atoms with Crippen molar-refractivity contribution in [3.8, 4) is 0 Å². The average Bonchev–Trinajstić information content (AvgIpc) is 2.83. The highest BCUT2D eigenvalue weighted by atomic mass is 35.5. The fraction of sp³-hybridized carbons (Fsp3) is 0.143. The van der Waals surface area contributed by atoms with E-state index in [4.69, 9.17) is 11.6 Å². The van der Waals surface area contributed by atoms with Crippen LogP contribution in [0.15, 0.2) is 42.6 Å². The molecule has 0 saturated carbocycles. The molecule has 98 valence electrons. The number of aryl methyl sites for hydroxylation is 1. The number of hydrogen-bond donors (Lipinski definition) is 1. The number of carbonyl (C=O) groups excluding carboxylic acids is 2. The third kappa shape index (κ3) is 3.69. The Hall–Kier alpha value is -2.07. The van der Waals surface area contributed by atoms with E-state index in [9.17, 15) is 9.59 Å². The topological polar surface area (TPSA) is 51.1 Å². The Morgan fingerprint density at radius 1 is 1.32 bits per heavy atom. The number of benzene rings is 1. The molecule has 0 aliphatic carbocycles. The lowest BCUT2D eigenvalue weighted by Crippen LogP contribution is -2.15. The summed E-state index contributed by atoms with van der Waals surface area (Å²) in [6.07, 6.45) is 2.84. The van der Waals surface area contributed by atoms with Gasteiger partial charge in [0.25, 0.3) is 0 Å². The van der Waals surface area contributed by atoms with Crippen LogP contribution < -0.4 is 5.32 Å². The van der Waals surface area contributed by atoms with Gasteiger partial charge in [0.05, 0.1) is 5.69 Å². The minimum absolute atomic E-state index is 0.118. The van der Waals surface area contributed by atoms with Crippen molar-refractivity contribution in [2.75, 3.05) is 5.32 Å². The molecule has 4 nitrogen and oxygen atoms in total. The molecule has 1 aromatic carbocycles. The number of hydrogen-bond acceptors (Lipinski definition) is 2. The average molecular weight is 277 g/mol.